The summed E-state index contributed by atoms with van der Waals surface area (Å²) >= 11 is 0. The molecule has 2 bridgehead atoms. The molecule has 0 spiro atoms. The lowest BCUT2D eigenvalue weighted by Crippen LogP contribution is -2.46. The summed E-state index contributed by atoms with van der Waals surface area (Å²) in [6, 6.07) is 22.6. The van der Waals surface area contributed by atoms with Crippen molar-refractivity contribution in [1.82, 2.24) is 14.6 Å². The fourth-order valence-electron chi connectivity index (χ4n) is 7.21. The molecule has 1 amide bonds. The third-order valence-electron chi connectivity index (χ3n) is 9.25. The van der Waals surface area contributed by atoms with Gasteiger partial charge in [0.05, 0.1) is 11.9 Å². The summed E-state index contributed by atoms with van der Waals surface area (Å²) in [5, 5.41) is 3.12. The van der Waals surface area contributed by atoms with Crippen LogP contribution in [0.25, 0.3) is 0 Å². The van der Waals surface area contributed by atoms with Crippen molar-refractivity contribution in [2.24, 2.45) is 11.8 Å². The van der Waals surface area contributed by atoms with E-state index in [9.17, 15) is 13.2 Å². The van der Waals surface area contributed by atoms with Gasteiger partial charge < -0.3 is 10.1 Å². The van der Waals surface area contributed by atoms with E-state index in [0.717, 1.165) is 23.8 Å². The summed E-state index contributed by atoms with van der Waals surface area (Å²) < 4.78 is 31.0. The van der Waals surface area contributed by atoms with Crippen molar-refractivity contribution in [3.05, 3.63) is 95.3 Å². The number of fused-ring (bicyclic) bond motifs is 2. The zero-order chi connectivity index (χ0) is 27.7. The number of piperidine rings is 1. The van der Waals surface area contributed by atoms with E-state index < -0.39 is 10.0 Å². The molecule has 40 heavy (non-hydrogen) atoms. The maximum atomic E-state index is 13.0. The minimum absolute atomic E-state index is 0.0134. The van der Waals surface area contributed by atoms with Crippen molar-refractivity contribution in [1.29, 1.82) is 0 Å². The number of ether oxygens (including phenoxy) is 1. The van der Waals surface area contributed by atoms with Crippen LogP contribution in [0, 0.1) is 11.8 Å². The number of pyridine rings is 1. The Balaban J connectivity index is 1.16. The summed E-state index contributed by atoms with van der Waals surface area (Å²) in [7, 11) is -3.18. The number of rotatable bonds is 8. The summed E-state index contributed by atoms with van der Waals surface area (Å²) in [6.45, 7) is 1.33. The van der Waals surface area contributed by atoms with E-state index in [4.69, 9.17) is 4.74 Å². The molecular formula is C32H37N3O4S. The smallest absolute Gasteiger partial charge is 0.251 e. The second-order valence-electron chi connectivity index (χ2n) is 11.7. The molecule has 2 saturated carbocycles. The standard InChI is InChI=1S/C32H37N3O4S/c1-40(37,38)35-18-15-28(16-19-35)34-31(36)24-6-9-25(10-7-24)32(21-23-5-8-27(32)20-23)26-11-13-30(14-12-26)39-22-29-4-2-3-17-33-29/h2-4,6-7,9-14,17,23,27-28H,5,8,15-16,18-22H2,1H3,(H,34,36)/t23?,27-,32+/m1/s1. The van der Waals surface area contributed by atoms with Crippen LogP contribution in [0.2, 0.25) is 0 Å². The maximum absolute atomic E-state index is 13.0. The molecule has 3 aliphatic rings. The first kappa shape index (κ1) is 27.0. The van der Waals surface area contributed by atoms with Crippen LogP contribution < -0.4 is 10.1 Å². The number of carbonyl (C=O) groups is 1. The van der Waals surface area contributed by atoms with Gasteiger partial charge in [-0.3, -0.25) is 9.78 Å². The van der Waals surface area contributed by atoms with Crippen LogP contribution in [0.1, 0.15) is 65.7 Å². The predicted molar refractivity (Wildman–Crippen MR) is 155 cm³/mol. The highest BCUT2D eigenvalue weighted by molar-refractivity contribution is 7.88. The van der Waals surface area contributed by atoms with Crippen molar-refractivity contribution in [2.45, 2.75) is 56.6 Å². The summed E-state index contributed by atoms with van der Waals surface area (Å²) in [4.78, 5) is 17.4. The number of sulfonamides is 1. The topological polar surface area (TPSA) is 88.6 Å². The van der Waals surface area contributed by atoms with Crippen LogP contribution in [0.5, 0.6) is 5.75 Å². The highest BCUT2D eigenvalue weighted by atomic mass is 32.2. The van der Waals surface area contributed by atoms with Gasteiger partial charge in [-0.25, -0.2) is 12.7 Å². The lowest BCUT2D eigenvalue weighted by atomic mass is 9.64. The average molecular weight is 560 g/mol. The zero-order valence-electron chi connectivity index (χ0n) is 23.0. The normalized spacial score (nSPS) is 25.1. The largest absolute Gasteiger partial charge is 0.487 e. The second-order valence-corrected chi connectivity index (χ2v) is 13.7. The Morgan fingerprint density at radius 2 is 1.68 bits per heavy atom. The molecule has 3 fully saturated rings. The molecule has 1 aliphatic heterocycles. The third-order valence-corrected chi connectivity index (χ3v) is 10.6. The molecule has 2 heterocycles. The maximum Gasteiger partial charge on any atom is 0.251 e. The van der Waals surface area contributed by atoms with Crippen LogP contribution in [-0.4, -0.2) is 49.0 Å². The monoisotopic (exact) mass is 559 g/mol. The van der Waals surface area contributed by atoms with Gasteiger partial charge in [-0.05, 0) is 91.5 Å². The quantitative estimate of drug-likeness (QED) is 0.423. The van der Waals surface area contributed by atoms with Crippen LogP contribution >= 0.6 is 0 Å². The number of hydrogen-bond acceptors (Lipinski definition) is 5. The lowest BCUT2D eigenvalue weighted by Gasteiger charge is -2.39. The number of nitrogens with zero attached hydrogens (tertiary/aromatic N) is 2. The van der Waals surface area contributed by atoms with Gasteiger partial charge in [-0.2, -0.15) is 0 Å². The van der Waals surface area contributed by atoms with Crippen molar-refractivity contribution in [2.75, 3.05) is 19.3 Å². The Bertz CT molecular complexity index is 1440. The van der Waals surface area contributed by atoms with Gasteiger partial charge in [0.1, 0.15) is 12.4 Å². The molecule has 8 heteroatoms. The van der Waals surface area contributed by atoms with Gasteiger partial charge in [0.25, 0.3) is 5.91 Å². The molecule has 1 saturated heterocycles. The minimum atomic E-state index is -3.18. The fraction of sp³-hybridized carbons (Fsp3) is 0.438. The molecule has 210 valence electrons. The highest BCUT2D eigenvalue weighted by Gasteiger charge is 2.52. The van der Waals surface area contributed by atoms with Crippen molar-refractivity contribution in [3.8, 4) is 5.75 Å². The molecule has 2 aliphatic carbocycles. The van der Waals surface area contributed by atoms with E-state index in [0.29, 0.717) is 44.0 Å². The van der Waals surface area contributed by atoms with Crippen LogP contribution in [0.4, 0.5) is 0 Å². The summed E-state index contributed by atoms with van der Waals surface area (Å²) in [5.74, 6) is 2.08. The van der Waals surface area contributed by atoms with Crippen molar-refractivity contribution < 1.29 is 17.9 Å². The highest BCUT2D eigenvalue weighted by Crippen LogP contribution is 2.60. The fourth-order valence-corrected chi connectivity index (χ4v) is 8.09. The van der Waals surface area contributed by atoms with Crippen LogP contribution in [0.3, 0.4) is 0 Å². The van der Waals surface area contributed by atoms with E-state index >= 15 is 0 Å². The number of hydrogen-bond donors (Lipinski definition) is 1. The first-order valence-corrected chi connectivity index (χ1v) is 16.2. The van der Waals surface area contributed by atoms with Crippen molar-refractivity contribution >= 4 is 15.9 Å². The molecule has 0 radical (unpaired) electrons. The predicted octanol–water partition coefficient (Wildman–Crippen LogP) is 4.92. The Kier molecular flexibility index (Phi) is 7.40. The molecule has 7 nitrogen and oxygen atoms in total. The Morgan fingerprint density at radius 3 is 2.25 bits per heavy atom. The van der Waals surface area contributed by atoms with Gasteiger partial charge in [-0.1, -0.05) is 36.8 Å². The van der Waals surface area contributed by atoms with Crippen molar-refractivity contribution in [3.63, 3.8) is 0 Å². The van der Waals surface area contributed by atoms with E-state index in [1.807, 2.05) is 30.3 Å². The third kappa shape index (κ3) is 5.39. The molecule has 3 atom stereocenters. The number of nitrogens with one attached hydrogen (secondary N) is 1. The molecule has 1 unspecified atom stereocenters. The number of benzene rings is 2. The van der Waals surface area contributed by atoms with Gasteiger partial charge in [0.2, 0.25) is 10.0 Å². The molecular weight excluding hydrogens is 522 g/mol. The SMILES string of the molecule is CS(=O)(=O)N1CCC(NC(=O)c2ccc([C@]3(c4ccc(OCc5ccccn5)cc4)CC4CC[C@@H]3C4)cc2)CC1. The van der Waals surface area contributed by atoms with Crippen LogP contribution in [-0.2, 0) is 22.0 Å². The Labute approximate surface area is 237 Å². The number of aromatic nitrogens is 1. The summed E-state index contributed by atoms with van der Waals surface area (Å²) in [5.41, 5.74) is 4.10. The lowest BCUT2D eigenvalue weighted by molar-refractivity contribution is 0.0924. The molecule has 3 aromatic rings. The molecule has 1 aromatic heterocycles. The molecule has 2 aromatic carbocycles. The minimum Gasteiger partial charge on any atom is -0.487 e. The van der Waals surface area contributed by atoms with Gasteiger partial charge in [0.15, 0.2) is 0 Å². The van der Waals surface area contributed by atoms with E-state index in [1.165, 1.54) is 41.0 Å². The second kappa shape index (κ2) is 11.0. The number of amides is 1. The number of carbonyl (C=O) groups excluding carboxylic acids is 1. The van der Waals surface area contributed by atoms with E-state index in [2.05, 4.69) is 46.7 Å². The first-order valence-electron chi connectivity index (χ1n) is 14.3. The van der Waals surface area contributed by atoms with Crippen LogP contribution in [0.15, 0.2) is 72.9 Å². The first-order chi connectivity index (χ1) is 19.3. The Morgan fingerprint density at radius 1 is 0.975 bits per heavy atom. The average Bonchev–Trinajstić information content (AvgIpc) is 3.60. The molecule has 6 rings (SSSR count). The van der Waals surface area contributed by atoms with E-state index in [1.54, 1.807) is 6.20 Å². The molecule has 1 N–H and O–H groups in total. The van der Waals surface area contributed by atoms with Gasteiger partial charge in [-0.15, -0.1) is 0 Å². The van der Waals surface area contributed by atoms with Gasteiger partial charge >= 0.3 is 0 Å². The Hall–Kier alpha value is -3.23. The summed E-state index contributed by atoms with van der Waals surface area (Å²) in [6.07, 6.45) is 9.20. The zero-order valence-corrected chi connectivity index (χ0v) is 23.8. The van der Waals surface area contributed by atoms with Gasteiger partial charge in [0, 0.05) is 36.3 Å². The van der Waals surface area contributed by atoms with E-state index in [-0.39, 0.29) is 17.4 Å².